The van der Waals surface area contributed by atoms with Crippen molar-refractivity contribution in [3.05, 3.63) is 52.5 Å². The van der Waals surface area contributed by atoms with Gasteiger partial charge >= 0.3 is 0 Å². The third-order valence-electron chi connectivity index (χ3n) is 5.11. The maximum atomic E-state index is 12.8. The summed E-state index contributed by atoms with van der Waals surface area (Å²) in [7, 11) is 1.39. The minimum atomic E-state index is -0.666. The van der Waals surface area contributed by atoms with Crippen LogP contribution >= 0.6 is 11.6 Å². The van der Waals surface area contributed by atoms with Gasteiger partial charge in [-0.2, -0.15) is 0 Å². The van der Waals surface area contributed by atoms with Gasteiger partial charge in [-0.05, 0) is 49.2 Å². The van der Waals surface area contributed by atoms with Crippen LogP contribution in [0.15, 0.2) is 36.4 Å². The number of likely N-dealkylation sites (tertiary alicyclic amines) is 1. The summed E-state index contributed by atoms with van der Waals surface area (Å²) in [5.41, 5.74) is 12.4. The predicted octanol–water partition coefficient (Wildman–Crippen LogP) is 1.91. The number of benzene rings is 2. The van der Waals surface area contributed by atoms with Crippen molar-refractivity contribution in [1.29, 1.82) is 0 Å². The van der Waals surface area contributed by atoms with Crippen LogP contribution in [0.5, 0.6) is 11.5 Å². The second-order valence-electron chi connectivity index (χ2n) is 7.43. The van der Waals surface area contributed by atoms with Crippen LogP contribution in [0, 0.1) is 0 Å². The number of halogens is 1. The van der Waals surface area contributed by atoms with Crippen LogP contribution in [0.4, 0.5) is 5.69 Å². The average molecular weight is 461 g/mol. The van der Waals surface area contributed by atoms with Crippen molar-refractivity contribution in [2.45, 2.75) is 25.4 Å². The van der Waals surface area contributed by atoms with Crippen LogP contribution in [0.1, 0.15) is 28.8 Å². The molecule has 3 rings (SSSR count). The van der Waals surface area contributed by atoms with E-state index >= 15 is 0 Å². The molecule has 0 spiro atoms. The molecule has 0 aromatic heterocycles. The monoisotopic (exact) mass is 460 g/mol. The summed E-state index contributed by atoms with van der Waals surface area (Å²) in [6.45, 7) is 0.984. The molecule has 1 aliphatic rings. The lowest BCUT2D eigenvalue weighted by molar-refractivity contribution is -0.122. The number of nitrogens with two attached hydrogens (primary N) is 2. The van der Waals surface area contributed by atoms with E-state index in [0.29, 0.717) is 12.2 Å². The quantitative estimate of drug-likeness (QED) is 0.522. The molecule has 2 aromatic rings. The second-order valence-corrected chi connectivity index (χ2v) is 7.84. The van der Waals surface area contributed by atoms with Gasteiger partial charge in [-0.1, -0.05) is 23.7 Å². The number of ether oxygens (including phenoxy) is 2. The van der Waals surface area contributed by atoms with Crippen molar-refractivity contribution in [2.24, 2.45) is 11.5 Å². The maximum absolute atomic E-state index is 12.8. The number of hydrogen-bond donors (Lipinski definition) is 3. The van der Waals surface area contributed by atoms with E-state index in [-0.39, 0.29) is 40.6 Å². The van der Waals surface area contributed by atoms with Crippen molar-refractivity contribution in [1.82, 2.24) is 4.90 Å². The molecule has 2 aromatic carbocycles. The van der Waals surface area contributed by atoms with Gasteiger partial charge in [-0.3, -0.25) is 19.3 Å². The zero-order valence-electron chi connectivity index (χ0n) is 17.6. The molecule has 0 bridgehead atoms. The summed E-state index contributed by atoms with van der Waals surface area (Å²) in [4.78, 5) is 37.4. The van der Waals surface area contributed by atoms with Gasteiger partial charge in [0.1, 0.15) is 0 Å². The number of methoxy groups -OCH3 is 1. The normalized spacial score (nSPS) is 15.9. The van der Waals surface area contributed by atoms with E-state index in [0.717, 1.165) is 24.9 Å². The largest absolute Gasteiger partial charge is 0.493 e. The SMILES string of the molecule is COc1cc(C(=O)Nc2cccc(CN3CCCC3C(N)=O)c2)cc(Cl)c1OCC(N)=O. The third-order valence-corrected chi connectivity index (χ3v) is 5.39. The molecular weight excluding hydrogens is 436 g/mol. The average Bonchev–Trinajstić information content (AvgIpc) is 3.20. The van der Waals surface area contributed by atoms with E-state index in [4.69, 9.17) is 32.5 Å². The van der Waals surface area contributed by atoms with E-state index in [1.807, 2.05) is 23.1 Å². The fourth-order valence-corrected chi connectivity index (χ4v) is 3.92. The van der Waals surface area contributed by atoms with Gasteiger partial charge in [0, 0.05) is 17.8 Å². The Labute approximate surface area is 190 Å². The summed E-state index contributed by atoms with van der Waals surface area (Å²) in [6.07, 6.45) is 1.68. The van der Waals surface area contributed by atoms with Crippen molar-refractivity contribution >= 4 is 35.0 Å². The molecule has 1 unspecified atom stereocenters. The minimum Gasteiger partial charge on any atom is -0.493 e. The molecule has 9 nitrogen and oxygen atoms in total. The standard InChI is InChI=1S/C22H25ClN4O5/c1-31-18-10-14(9-16(23)20(18)32-12-19(24)28)22(30)26-15-5-2-4-13(8-15)11-27-7-3-6-17(27)21(25)29/h2,4-5,8-10,17H,3,6-7,11-12H2,1H3,(H2,24,28)(H2,25,29)(H,26,30). The molecule has 32 heavy (non-hydrogen) atoms. The highest BCUT2D eigenvalue weighted by Gasteiger charge is 2.28. The van der Waals surface area contributed by atoms with E-state index in [9.17, 15) is 14.4 Å². The molecule has 3 amide bonds. The van der Waals surface area contributed by atoms with Gasteiger partial charge < -0.3 is 26.3 Å². The molecule has 170 valence electrons. The Balaban J connectivity index is 1.73. The van der Waals surface area contributed by atoms with Gasteiger partial charge in [-0.25, -0.2) is 0 Å². The summed E-state index contributed by atoms with van der Waals surface area (Å²) < 4.78 is 10.5. The molecular formula is C22H25ClN4O5. The van der Waals surface area contributed by atoms with Crippen molar-refractivity contribution in [3.8, 4) is 11.5 Å². The van der Waals surface area contributed by atoms with Gasteiger partial charge in [0.2, 0.25) is 5.91 Å². The van der Waals surface area contributed by atoms with Gasteiger partial charge in [0.15, 0.2) is 18.1 Å². The number of carbonyl (C=O) groups excluding carboxylic acids is 3. The highest BCUT2D eigenvalue weighted by molar-refractivity contribution is 6.32. The maximum Gasteiger partial charge on any atom is 0.255 e. The molecule has 1 atom stereocenters. The number of anilines is 1. The van der Waals surface area contributed by atoms with Crippen molar-refractivity contribution < 1.29 is 23.9 Å². The zero-order chi connectivity index (χ0) is 23.3. The number of carbonyl (C=O) groups is 3. The first-order valence-electron chi connectivity index (χ1n) is 10.0. The van der Waals surface area contributed by atoms with Gasteiger partial charge in [0.25, 0.3) is 11.8 Å². The molecule has 0 saturated carbocycles. The predicted molar refractivity (Wildman–Crippen MR) is 120 cm³/mol. The Morgan fingerprint density at radius 2 is 2.00 bits per heavy atom. The number of primary amides is 2. The first-order chi connectivity index (χ1) is 15.3. The first-order valence-corrected chi connectivity index (χ1v) is 10.4. The Bertz CT molecular complexity index is 1030. The fourth-order valence-electron chi connectivity index (χ4n) is 3.66. The van der Waals surface area contributed by atoms with Crippen LogP contribution in [-0.2, 0) is 16.1 Å². The minimum absolute atomic E-state index is 0.107. The highest BCUT2D eigenvalue weighted by Crippen LogP contribution is 2.36. The summed E-state index contributed by atoms with van der Waals surface area (Å²) in [5, 5.41) is 2.93. The van der Waals surface area contributed by atoms with Gasteiger partial charge in [0.05, 0.1) is 18.2 Å². The van der Waals surface area contributed by atoms with Crippen LogP contribution in [0.2, 0.25) is 5.02 Å². The smallest absolute Gasteiger partial charge is 0.255 e. The lowest BCUT2D eigenvalue weighted by atomic mass is 10.1. The summed E-state index contributed by atoms with van der Waals surface area (Å²) >= 11 is 6.22. The first kappa shape index (κ1) is 23.4. The molecule has 1 heterocycles. The Kier molecular flexibility index (Phi) is 7.55. The molecule has 0 radical (unpaired) electrons. The van der Waals surface area contributed by atoms with E-state index in [1.165, 1.54) is 19.2 Å². The lowest BCUT2D eigenvalue weighted by Gasteiger charge is -2.22. The highest BCUT2D eigenvalue weighted by atomic mass is 35.5. The van der Waals surface area contributed by atoms with Crippen LogP contribution < -0.4 is 26.3 Å². The topological polar surface area (TPSA) is 137 Å². The van der Waals surface area contributed by atoms with E-state index < -0.39 is 11.8 Å². The number of amides is 3. The van der Waals surface area contributed by atoms with E-state index in [1.54, 1.807) is 6.07 Å². The van der Waals surface area contributed by atoms with Crippen LogP contribution in [0.3, 0.4) is 0 Å². The van der Waals surface area contributed by atoms with Gasteiger partial charge in [-0.15, -0.1) is 0 Å². The molecule has 1 fully saturated rings. The van der Waals surface area contributed by atoms with E-state index in [2.05, 4.69) is 5.32 Å². The molecule has 1 aliphatic heterocycles. The molecule has 5 N–H and O–H groups in total. The summed E-state index contributed by atoms with van der Waals surface area (Å²) in [6, 6.07) is 9.98. The fraction of sp³-hybridized carbons (Fsp3) is 0.318. The van der Waals surface area contributed by atoms with Crippen LogP contribution in [0.25, 0.3) is 0 Å². The number of nitrogens with one attached hydrogen (secondary N) is 1. The number of nitrogens with zero attached hydrogens (tertiary/aromatic N) is 1. The third kappa shape index (κ3) is 5.68. The Morgan fingerprint density at radius 3 is 2.69 bits per heavy atom. The molecule has 1 saturated heterocycles. The van der Waals surface area contributed by atoms with Crippen molar-refractivity contribution in [3.63, 3.8) is 0 Å². The number of rotatable bonds is 9. The molecule has 0 aliphatic carbocycles. The number of hydrogen-bond acceptors (Lipinski definition) is 6. The Morgan fingerprint density at radius 1 is 1.22 bits per heavy atom. The lowest BCUT2D eigenvalue weighted by Crippen LogP contribution is -2.39. The Hall–Kier alpha value is -3.30. The zero-order valence-corrected chi connectivity index (χ0v) is 18.4. The molecule has 10 heteroatoms. The van der Waals surface area contributed by atoms with Crippen LogP contribution in [-0.4, -0.2) is 48.9 Å². The second kappa shape index (κ2) is 10.3. The summed E-state index contributed by atoms with van der Waals surface area (Å²) in [5.74, 6) is -1.06. The van der Waals surface area contributed by atoms with Crippen molar-refractivity contribution in [2.75, 3.05) is 25.6 Å².